The van der Waals surface area contributed by atoms with E-state index in [0.717, 1.165) is 51.1 Å². The molecule has 0 bridgehead atoms. The second-order valence-electron chi connectivity index (χ2n) is 6.76. The molecule has 1 aliphatic carbocycles. The van der Waals surface area contributed by atoms with Gasteiger partial charge in [0.1, 0.15) is 0 Å². The number of aromatic nitrogens is 1. The summed E-state index contributed by atoms with van der Waals surface area (Å²) in [5.74, 6) is 0.160. The Kier molecular flexibility index (Phi) is 4.82. The fourth-order valence-electron chi connectivity index (χ4n) is 2.97. The Morgan fingerprint density at radius 3 is 2.61 bits per heavy atom. The second-order valence-corrected chi connectivity index (χ2v) is 6.76. The van der Waals surface area contributed by atoms with Gasteiger partial charge in [0.25, 0.3) is 5.56 Å². The Labute approximate surface area is 137 Å². The molecule has 6 nitrogen and oxygen atoms in total. The minimum absolute atomic E-state index is 0.0338. The fraction of sp³-hybridized carbons (Fsp3) is 0.647. The first-order valence-corrected chi connectivity index (χ1v) is 8.45. The normalized spacial score (nSPS) is 21.1. The lowest BCUT2D eigenvalue weighted by Gasteiger charge is -2.37. The zero-order valence-corrected chi connectivity index (χ0v) is 14.0. The molecule has 1 saturated heterocycles. The summed E-state index contributed by atoms with van der Waals surface area (Å²) in [6.07, 6.45) is 4.07. The van der Waals surface area contributed by atoms with E-state index in [4.69, 9.17) is 0 Å². The van der Waals surface area contributed by atoms with Crippen LogP contribution in [0.1, 0.15) is 25.3 Å². The van der Waals surface area contributed by atoms with E-state index in [0.29, 0.717) is 6.04 Å². The summed E-state index contributed by atoms with van der Waals surface area (Å²) in [6.45, 7) is 6.43. The van der Waals surface area contributed by atoms with Gasteiger partial charge in [-0.1, -0.05) is 0 Å². The van der Waals surface area contributed by atoms with Gasteiger partial charge < -0.3 is 9.88 Å². The van der Waals surface area contributed by atoms with Crippen molar-refractivity contribution in [3.05, 3.63) is 34.2 Å². The molecule has 1 saturated carbocycles. The van der Waals surface area contributed by atoms with Gasteiger partial charge in [0.15, 0.2) is 0 Å². The van der Waals surface area contributed by atoms with Crippen molar-refractivity contribution in [1.82, 2.24) is 19.7 Å². The topological polar surface area (TPSA) is 57.6 Å². The summed E-state index contributed by atoms with van der Waals surface area (Å²) in [4.78, 5) is 28.4. The predicted octanol–water partition coefficient (Wildman–Crippen LogP) is 0.170. The average molecular weight is 318 g/mol. The quantitative estimate of drug-likeness (QED) is 0.841. The lowest BCUT2D eigenvalue weighted by atomic mass is 10.2. The SMILES string of the molecule is C[C@@H](C(=O)NC1CC1)N1CCN(Cc2ccn(C)c(=O)c2)CC1. The van der Waals surface area contributed by atoms with Crippen LogP contribution < -0.4 is 10.9 Å². The van der Waals surface area contributed by atoms with Gasteiger partial charge in [0.05, 0.1) is 6.04 Å². The molecule has 0 spiro atoms. The van der Waals surface area contributed by atoms with Gasteiger partial charge in [0.2, 0.25) is 5.91 Å². The largest absolute Gasteiger partial charge is 0.352 e. The van der Waals surface area contributed by atoms with Crippen molar-refractivity contribution in [1.29, 1.82) is 0 Å². The maximum absolute atomic E-state index is 12.1. The number of carbonyl (C=O) groups is 1. The number of amides is 1. The van der Waals surface area contributed by atoms with Crippen molar-refractivity contribution in [2.24, 2.45) is 7.05 Å². The minimum Gasteiger partial charge on any atom is -0.352 e. The van der Waals surface area contributed by atoms with Gasteiger partial charge in [-0.2, -0.15) is 0 Å². The van der Waals surface area contributed by atoms with E-state index in [1.165, 1.54) is 0 Å². The minimum atomic E-state index is -0.0539. The molecule has 0 aromatic carbocycles. The van der Waals surface area contributed by atoms with Crippen LogP contribution >= 0.6 is 0 Å². The summed E-state index contributed by atoms with van der Waals surface area (Å²) in [6, 6.07) is 4.08. The molecule has 2 heterocycles. The zero-order chi connectivity index (χ0) is 16.4. The number of aryl methyl sites for hydroxylation is 1. The van der Waals surface area contributed by atoms with E-state index in [1.807, 2.05) is 19.2 Å². The number of carbonyl (C=O) groups excluding carboxylic acids is 1. The molecule has 0 unspecified atom stereocenters. The summed E-state index contributed by atoms with van der Waals surface area (Å²) in [7, 11) is 1.76. The molecule has 1 aromatic heterocycles. The van der Waals surface area contributed by atoms with Gasteiger partial charge >= 0.3 is 0 Å². The van der Waals surface area contributed by atoms with Crippen molar-refractivity contribution >= 4 is 5.91 Å². The number of nitrogens with one attached hydrogen (secondary N) is 1. The van der Waals surface area contributed by atoms with E-state index in [1.54, 1.807) is 17.7 Å². The Morgan fingerprint density at radius 1 is 1.30 bits per heavy atom. The van der Waals surface area contributed by atoms with Crippen molar-refractivity contribution in [3.63, 3.8) is 0 Å². The van der Waals surface area contributed by atoms with Crippen LogP contribution in [0.5, 0.6) is 0 Å². The smallest absolute Gasteiger partial charge is 0.250 e. The Bertz CT molecular complexity index is 615. The summed E-state index contributed by atoms with van der Waals surface area (Å²) >= 11 is 0. The van der Waals surface area contributed by atoms with E-state index in [2.05, 4.69) is 15.1 Å². The molecule has 126 valence electrons. The zero-order valence-electron chi connectivity index (χ0n) is 14.0. The molecular formula is C17H26N4O2. The maximum Gasteiger partial charge on any atom is 0.250 e. The first kappa shape index (κ1) is 16.2. The van der Waals surface area contributed by atoms with E-state index in [9.17, 15) is 9.59 Å². The Morgan fingerprint density at radius 2 is 2.00 bits per heavy atom. The third-order valence-electron chi connectivity index (χ3n) is 4.83. The Balaban J connectivity index is 1.48. The molecule has 6 heteroatoms. The van der Waals surface area contributed by atoms with Crippen LogP contribution in [-0.4, -0.2) is 58.5 Å². The molecule has 1 N–H and O–H groups in total. The molecule has 0 radical (unpaired) electrons. The van der Waals surface area contributed by atoms with Crippen LogP contribution in [0.25, 0.3) is 0 Å². The van der Waals surface area contributed by atoms with Gasteiger partial charge in [-0.05, 0) is 31.4 Å². The van der Waals surface area contributed by atoms with Crippen LogP contribution in [0.15, 0.2) is 23.1 Å². The molecule has 23 heavy (non-hydrogen) atoms. The van der Waals surface area contributed by atoms with Gasteiger partial charge in [-0.25, -0.2) is 0 Å². The van der Waals surface area contributed by atoms with Crippen LogP contribution in [0.2, 0.25) is 0 Å². The fourth-order valence-corrected chi connectivity index (χ4v) is 2.97. The predicted molar refractivity (Wildman–Crippen MR) is 89.2 cm³/mol. The van der Waals surface area contributed by atoms with Crippen molar-refractivity contribution in [2.75, 3.05) is 26.2 Å². The molecule has 2 fully saturated rings. The Hall–Kier alpha value is -1.66. The second kappa shape index (κ2) is 6.84. The highest BCUT2D eigenvalue weighted by atomic mass is 16.2. The van der Waals surface area contributed by atoms with Crippen LogP contribution in [0.4, 0.5) is 0 Å². The number of piperazine rings is 1. The molecule has 1 atom stereocenters. The third kappa shape index (κ3) is 4.20. The van der Waals surface area contributed by atoms with Crippen molar-refractivity contribution in [2.45, 2.75) is 38.4 Å². The first-order valence-electron chi connectivity index (χ1n) is 8.45. The number of hydrogen-bond acceptors (Lipinski definition) is 4. The van der Waals surface area contributed by atoms with Gasteiger partial charge in [-0.3, -0.25) is 19.4 Å². The van der Waals surface area contributed by atoms with E-state index >= 15 is 0 Å². The highest BCUT2D eigenvalue weighted by molar-refractivity contribution is 5.81. The number of pyridine rings is 1. The van der Waals surface area contributed by atoms with Crippen molar-refractivity contribution in [3.8, 4) is 0 Å². The highest BCUT2D eigenvalue weighted by Crippen LogP contribution is 2.19. The molecular weight excluding hydrogens is 292 g/mol. The summed E-state index contributed by atoms with van der Waals surface area (Å²) in [5.41, 5.74) is 1.09. The maximum atomic E-state index is 12.1. The van der Waals surface area contributed by atoms with Crippen LogP contribution in [0, 0.1) is 0 Å². The standard InChI is InChI=1S/C17H26N4O2/c1-13(17(23)18-15-3-4-15)21-9-7-20(8-10-21)12-14-5-6-19(2)16(22)11-14/h5-6,11,13,15H,3-4,7-10,12H2,1-2H3,(H,18,23)/t13-/m0/s1. The van der Waals surface area contributed by atoms with E-state index < -0.39 is 0 Å². The van der Waals surface area contributed by atoms with E-state index in [-0.39, 0.29) is 17.5 Å². The average Bonchev–Trinajstić information content (AvgIpc) is 3.35. The molecule has 2 aliphatic rings. The van der Waals surface area contributed by atoms with Crippen LogP contribution in [-0.2, 0) is 18.4 Å². The van der Waals surface area contributed by atoms with Gasteiger partial charge in [-0.15, -0.1) is 0 Å². The third-order valence-corrected chi connectivity index (χ3v) is 4.83. The monoisotopic (exact) mass is 318 g/mol. The number of hydrogen-bond donors (Lipinski definition) is 1. The van der Waals surface area contributed by atoms with Crippen molar-refractivity contribution < 1.29 is 4.79 Å². The molecule has 1 aliphatic heterocycles. The van der Waals surface area contributed by atoms with Gasteiger partial charge in [0, 0.05) is 58.1 Å². The highest BCUT2D eigenvalue weighted by Gasteiger charge is 2.29. The number of nitrogens with zero attached hydrogens (tertiary/aromatic N) is 3. The lowest BCUT2D eigenvalue weighted by Crippen LogP contribution is -2.53. The first-order chi connectivity index (χ1) is 11.0. The molecule has 1 aromatic rings. The van der Waals surface area contributed by atoms with Crippen LogP contribution in [0.3, 0.4) is 0 Å². The lowest BCUT2D eigenvalue weighted by molar-refractivity contribution is -0.126. The summed E-state index contributed by atoms with van der Waals surface area (Å²) in [5, 5.41) is 3.08. The molecule has 3 rings (SSSR count). The summed E-state index contributed by atoms with van der Waals surface area (Å²) < 4.78 is 1.58. The number of rotatable bonds is 5. The molecule has 1 amide bonds.